The van der Waals surface area contributed by atoms with Crippen LogP contribution in [0.1, 0.15) is 69.9 Å². The van der Waals surface area contributed by atoms with Crippen molar-refractivity contribution in [1.29, 1.82) is 0 Å². The van der Waals surface area contributed by atoms with Crippen LogP contribution in [0.2, 0.25) is 0 Å². The van der Waals surface area contributed by atoms with E-state index in [4.69, 9.17) is 4.74 Å². The van der Waals surface area contributed by atoms with E-state index in [1.54, 1.807) is 24.8 Å². The van der Waals surface area contributed by atoms with Crippen LogP contribution in [0, 0.1) is 17.7 Å². The number of halogens is 3. The van der Waals surface area contributed by atoms with Crippen molar-refractivity contribution in [1.82, 2.24) is 25.4 Å². The Morgan fingerprint density at radius 2 is 1.69 bits per heavy atom. The molecule has 1 saturated carbocycles. The Bertz CT molecular complexity index is 1490. The predicted molar refractivity (Wildman–Crippen MR) is 177 cm³/mol. The first kappa shape index (κ1) is 37.6. The second-order valence-electron chi connectivity index (χ2n) is 13.2. The van der Waals surface area contributed by atoms with E-state index >= 15 is 13.2 Å². The first-order chi connectivity index (χ1) is 23.2. The van der Waals surface area contributed by atoms with Gasteiger partial charge in [-0.1, -0.05) is 39.7 Å². The van der Waals surface area contributed by atoms with Crippen LogP contribution >= 0.6 is 0 Å². The molecule has 1 aliphatic heterocycles. The minimum absolute atomic E-state index is 0.0385. The number of aromatic nitrogens is 1. The maximum absolute atomic E-state index is 15.6. The third kappa shape index (κ3) is 9.28. The lowest BCUT2D eigenvalue weighted by Gasteiger charge is -2.36. The highest BCUT2D eigenvalue weighted by molar-refractivity contribution is 5.98. The number of methoxy groups -OCH3 is 1. The zero-order chi connectivity index (χ0) is 35.9. The van der Waals surface area contributed by atoms with Crippen LogP contribution < -0.4 is 20.7 Å². The third-order valence-corrected chi connectivity index (χ3v) is 9.69. The smallest absolute Gasteiger partial charge is 0.351 e. The van der Waals surface area contributed by atoms with Gasteiger partial charge in [-0.25, -0.2) is 4.39 Å². The lowest BCUT2D eigenvalue weighted by Crippen LogP contribution is -2.55. The highest BCUT2D eigenvalue weighted by atomic mass is 19.3. The van der Waals surface area contributed by atoms with Gasteiger partial charge in [0.1, 0.15) is 23.7 Å². The van der Waals surface area contributed by atoms with Crippen molar-refractivity contribution in [2.45, 2.75) is 76.8 Å². The van der Waals surface area contributed by atoms with Gasteiger partial charge in [0, 0.05) is 44.7 Å². The van der Waals surface area contributed by atoms with Crippen molar-refractivity contribution in [3.63, 3.8) is 0 Å². The lowest BCUT2D eigenvalue weighted by molar-refractivity contribution is -0.149. The molecule has 4 rings (SSSR count). The molecule has 1 aromatic carbocycles. The van der Waals surface area contributed by atoms with E-state index in [1.807, 2.05) is 7.05 Å². The first-order valence-corrected chi connectivity index (χ1v) is 16.8. The second kappa shape index (κ2) is 16.5. The maximum Gasteiger partial charge on any atom is 0.351 e. The fraction of sp³-hybridized carbons (Fsp3) is 0.571. The van der Waals surface area contributed by atoms with Crippen molar-refractivity contribution in [2.24, 2.45) is 11.8 Å². The molecule has 3 atom stereocenters. The number of carbonyl (C=O) groups excluding carboxylic acids is 4. The van der Waals surface area contributed by atoms with Crippen LogP contribution in [0.3, 0.4) is 0 Å². The number of alkyl halides is 2. The second-order valence-corrected chi connectivity index (χ2v) is 13.2. The molecule has 2 aliphatic rings. The van der Waals surface area contributed by atoms with Crippen molar-refractivity contribution in [3.8, 4) is 5.75 Å². The summed E-state index contributed by atoms with van der Waals surface area (Å²) in [6.45, 7) is 7.83. The summed E-state index contributed by atoms with van der Waals surface area (Å²) in [5, 5.41) is 7.54. The molecule has 1 saturated heterocycles. The van der Waals surface area contributed by atoms with Gasteiger partial charge >= 0.3 is 5.92 Å². The van der Waals surface area contributed by atoms with Gasteiger partial charge in [0.05, 0.1) is 24.6 Å². The fourth-order valence-electron chi connectivity index (χ4n) is 6.30. The SMILES string of the molecule is CCC(=O)N[C@@H](C(=O)N1CCN(C)CC1)[C@@H](C)c1ccc(NC(=O)[C@@H](NC(=O)C(F)(F)c2cncc(OC)c2)[C@H]2CC[C@H](C)CC2)c(F)c1. The minimum Gasteiger partial charge on any atom is -0.495 e. The Balaban J connectivity index is 1.54. The number of nitrogens with zero attached hydrogens (tertiary/aromatic N) is 3. The van der Waals surface area contributed by atoms with Crippen molar-refractivity contribution >= 4 is 29.3 Å². The number of piperazine rings is 1. The molecule has 3 N–H and O–H groups in total. The standard InChI is InChI=1S/C35H47F3N6O5/c1-6-29(45)41-30(33(47)44-15-13-43(4)14-16-44)22(3)24-11-12-28(27(36)17-24)40-32(46)31(23-9-7-21(2)8-10-23)42-34(48)35(37,38)25-18-26(49-5)20-39-19-25/h11-12,17-23,30-31H,6-10,13-16H2,1-5H3,(H,40,46)(H,41,45)(H,42,48)/t21-,22-,23-,30+,31-/m0/s1. The molecule has 0 radical (unpaired) electrons. The zero-order valence-corrected chi connectivity index (χ0v) is 28.7. The molecule has 0 unspecified atom stereocenters. The average molecular weight is 689 g/mol. The Kier molecular flexibility index (Phi) is 12.6. The molecule has 2 aromatic rings. The molecule has 0 spiro atoms. The molecule has 268 valence electrons. The van der Waals surface area contributed by atoms with Crippen LogP contribution in [-0.4, -0.2) is 90.8 Å². The minimum atomic E-state index is -4.03. The van der Waals surface area contributed by atoms with E-state index in [-0.39, 0.29) is 29.7 Å². The van der Waals surface area contributed by atoms with E-state index in [0.29, 0.717) is 50.5 Å². The van der Waals surface area contributed by atoms with Crippen LogP contribution in [-0.2, 0) is 25.1 Å². The Morgan fingerprint density at radius 3 is 2.31 bits per heavy atom. The zero-order valence-electron chi connectivity index (χ0n) is 28.7. The van der Waals surface area contributed by atoms with Gasteiger partial charge in [-0.05, 0) is 55.5 Å². The summed E-state index contributed by atoms with van der Waals surface area (Å²) >= 11 is 0. The van der Waals surface area contributed by atoms with E-state index in [2.05, 4.69) is 32.8 Å². The number of benzene rings is 1. The molecular formula is C35H47F3N6O5. The quantitative estimate of drug-likeness (QED) is 0.307. The summed E-state index contributed by atoms with van der Waals surface area (Å²) in [6.07, 6.45) is 4.75. The number of anilines is 1. The number of carbonyl (C=O) groups is 4. The van der Waals surface area contributed by atoms with Gasteiger partial charge in [0.15, 0.2) is 0 Å². The molecule has 2 fully saturated rings. The molecule has 11 nitrogen and oxygen atoms in total. The fourth-order valence-corrected chi connectivity index (χ4v) is 6.30. The highest BCUT2D eigenvalue weighted by Gasteiger charge is 2.45. The van der Waals surface area contributed by atoms with Crippen LogP contribution in [0.5, 0.6) is 5.75 Å². The molecule has 4 amide bonds. The number of pyridine rings is 1. The molecule has 14 heteroatoms. The van der Waals surface area contributed by atoms with Crippen molar-refractivity contribution in [2.75, 3.05) is 45.7 Å². The van der Waals surface area contributed by atoms with Gasteiger partial charge in [-0.2, -0.15) is 8.78 Å². The Labute approximate surface area is 285 Å². The summed E-state index contributed by atoms with van der Waals surface area (Å²) in [4.78, 5) is 60.1. The summed E-state index contributed by atoms with van der Waals surface area (Å²) in [7, 11) is 3.25. The molecule has 1 aromatic heterocycles. The number of likely N-dealkylation sites (N-methyl/N-ethyl adjacent to an activating group) is 1. The number of hydrogen-bond donors (Lipinski definition) is 3. The van der Waals surface area contributed by atoms with E-state index < -0.39 is 53.0 Å². The molecule has 2 heterocycles. The number of amides is 4. The maximum atomic E-state index is 15.6. The van der Waals surface area contributed by atoms with Gasteiger partial charge in [0.2, 0.25) is 17.7 Å². The van der Waals surface area contributed by atoms with E-state index in [1.165, 1.54) is 25.4 Å². The average Bonchev–Trinajstić information content (AvgIpc) is 3.10. The van der Waals surface area contributed by atoms with Gasteiger partial charge in [-0.15, -0.1) is 0 Å². The van der Waals surface area contributed by atoms with Crippen molar-refractivity contribution < 1.29 is 37.1 Å². The molecule has 1 aliphatic carbocycles. The summed E-state index contributed by atoms with van der Waals surface area (Å²) in [6, 6.07) is 2.76. The number of nitrogens with one attached hydrogen (secondary N) is 3. The van der Waals surface area contributed by atoms with E-state index in [0.717, 1.165) is 25.1 Å². The Morgan fingerprint density at radius 1 is 1.02 bits per heavy atom. The van der Waals surface area contributed by atoms with Crippen LogP contribution in [0.15, 0.2) is 36.7 Å². The summed E-state index contributed by atoms with van der Waals surface area (Å²) < 4.78 is 51.3. The number of ether oxygens (including phenoxy) is 1. The Hall–Kier alpha value is -4.20. The van der Waals surface area contributed by atoms with Crippen LogP contribution in [0.25, 0.3) is 0 Å². The monoisotopic (exact) mass is 688 g/mol. The predicted octanol–water partition coefficient (Wildman–Crippen LogP) is 4.04. The highest BCUT2D eigenvalue weighted by Crippen LogP contribution is 2.34. The normalized spacial score (nSPS) is 20.4. The van der Waals surface area contributed by atoms with Gasteiger partial charge in [-0.3, -0.25) is 24.2 Å². The third-order valence-electron chi connectivity index (χ3n) is 9.69. The van der Waals surface area contributed by atoms with Crippen LogP contribution in [0.4, 0.5) is 18.9 Å². The summed E-state index contributed by atoms with van der Waals surface area (Å²) in [5.74, 6) is -8.60. The van der Waals surface area contributed by atoms with Crippen molar-refractivity contribution in [3.05, 3.63) is 53.6 Å². The first-order valence-electron chi connectivity index (χ1n) is 16.8. The van der Waals surface area contributed by atoms with E-state index in [9.17, 15) is 19.2 Å². The molecule has 0 bridgehead atoms. The van der Waals surface area contributed by atoms with Gasteiger partial charge in [0.25, 0.3) is 5.91 Å². The van der Waals surface area contributed by atoms with Gasteiger partial charge < -0.3 is 30.5 Å². The lowest BCUT2D eigenvalue weighted by atomic mass is 9.79. The molecule has 49 heavy (non-hydrogen) atoms. The number of rotatable bonds is 12. The number of hydrogen-bond acceptors (Lipinski definition) is 7. The largest absolute Gasteiger partial charge is 0.495 e. The summed E-state index contributed by atoms with van der Waals surface area (Å²) in [5.41, 5.74) is -0.499. The topological polar surface area (TPSA) is 133 Å². The molecular weight excluding hydrogens is 641 g/mol.